The molecule has 0 aliphatic carbocycles. The van der Waals surface area contributed by atoms with E-state index in [0.717, 1.165) is 30.8 Å². The Kier molecular flexibility index (Phi) is 7.09. The van der Waals surface area contributed by atoms with Crippen molar-refractivity contribution in [3.63, 3.8) is 0 Å². The van der Waals surface area contributed by atoms with Gasteiger partial charge in [0.1, 0.15) is 5.75 Å². The minimum atomic E-state index is 0.155. The first-order valence-electron chi connectivity index (χ1n) is 7.25. The second kappa shape index (κ2) is 8.59. The molecule has 0 saturated heterocycles. The number of para-hydroxylation sites is 1. The summed E-state index contributed by atoms with van der Waals surface area (Å²) in [5.41, 5.74) is 1.16. The van der Waals surface area contributed by atoms with Gasteiger partial charge < -0.3 is 15.0 Å². The van der Waals surface area contributed by atoms with Gasteiger partial charge in [-0.3, -0.25) is 4.79 Å². The van der Waals surface area contributed by atoms with E-state index in [9.17, 15) is 4.79 Å². The van der Waals surface area contributed by atoms with E-state index in [0.29, 0.717) is 6.54 Å². The first-order chi connectivity index (χ1) is 9.62. The van der Waals surface area contributed by atoms with Gasteiger partial charge in [-0.05, 0) is 38.8 Å². The maximum absolute atomic E-state index is 11.9. The molecule has 0 bridgehead atoms. The van der Waals surface area contributed by atoms with Gasteiger partial charge in [0.2, 0.25) is 5.91 Å². The number of hydrogen-bond donors (Lipinski definition) is 1. The summed E-state index contributed by atoms with van der Waals surface area (Å²) in [7, 11) is 1.68. The molecule has 20 heavy (non-hydrogen) atoms. The average Bonchev–Trinajstić information content (AvgIpc) is 2.47. The molecule has 0 radical (unpaired) electrons. The van der Waals surface area contributed by atoms with E-state index in [-0.39, 0.29) is 11.9 Å². The summed E-state index contributed by atoms with van der Waals surface area (Å²) < 4.78 is 5.34. The maximum Gasteiger partial charge on any atom is 0.236 e. The van der Waals surface area contributed by atoms with Gasteiger partial charge in [-0.1, -0.05) is 18.2 Å². The standard InChI is InChI=1S/C16H26N2O2/c1-5-18(6-2)16(19)12-17-13(3)11-14-9-7-8-10-15(14)20-4/h7-10,13,17H,5-6,11-12H2,1-4H3. The molecule has 1 aromatic carbocycles. The molecule has 4 nitrogen and oxygen atoms in total. The highest BCUT2D eigenvalue weighted by atomic mass is 16.5. The number of methoxy groups -OCH3 is 1. The molecule has 0 heterocycles. The number of benzene rings is 1. The topological polar surface area (TPSA) is 41.6 Å². The second-order valence-corrected chi connectivity index (χ2v) is 4.86. The van der Waals surface area contributed by atoms with E-state index in [2.05, 4.69) is 18.3 Å². The lowest BCUT2D eigenvalue weighted by atomic mass is 10.1. The summed E-state index contributed by atoms with van der Waals surface area (Å²) in [4.78, 5) is 13.8. The molecule has 0 aliphatic rings. The van der Waals surface area contributed by atoms with Gasteiger partial charge in [0.25, 0.3) is 0 Å². The lowest BCUT2D eigenvalue weighted by Gasteiger charge is -2.21. The summed E-state index contributed by atoms with van der Waals surface area (Å²) in [6.45, 7) is 8.00. The third-order valence-corrected chi connectivity index (χ3v) is 3.44. The van der Waals surface area contributed by atoms with E-state index in [1.807, 2.05) is 36.9 Å². The van der Waals surface area contributed by atoms with Crippen LogP contribution in [0.15, 0.2) is 24.3 Å². The number of hydrogen-bond acceptors (Lipinski definition) is 3. The smallest absolute Gasteiger partial charge is 0.236 e. The van der Waals surface area contributed by atoms with Crippen LogP contribution in [0.5, 0.6) is 5.75 Å². The van der Waals surface area contributed by atoms with Crippen LogP contribution in [0.25, 0.3) is 0 Å². The first kappa shape index (κ1) is 16.5. The van der Waals surface area contributed by atoms with Gasteiger partial charge in [0.05, 0.1) is 13.7 Å². The number of likely N-dealkylation sites (N-methyl/N-ethyl adjacent to an activating group) is 1. The minimum absolute atomic E-state index is 0.155. The fourth-order valence-electron chi connectivity index (χ4n) is 2.22. The maximum atomic E-state index is 11.9. The van der Waals surface area contributed by atoms with Crippen LogP contribution in [-0.2, 0) is 11.2 Å². The highest BCUT2D eigenvalue weighted by molar-refractivity contribution is 5.78. The van der Waals surface area contributed by atoms with Crippen molar-refractivity contribution in [3.8, 4) is 5.75 Å². The van der Waals surface area contributed by atoms with E-state index in [1.165, 1.54) is 0 Å². The number of rotatable bonds is 8. The highest BCUT2D eigenvalue weighted by Crippen LogP contribution is 2.18. The summed E-state index contributed by atoms with van der Waals surface area (Å²) in [5.74, 6) is 1.05. The average molecular weight is 278 g/mol. The van der Waals surface area contributed by atoms with Crippen molar-refractivity contribution in [2.75, 3.05) is 26.7 Å². The monoisotopic (exact) mass is 278 g/mol. The zero-order valence-electron chi connectivity index (χ0n) is 13.0. The van der Waals surface area contributed by atoms with Crippen LogP contribution < -0.4 is 10.1 Å². The van der Waals surface area contributed by atoms with Crippen molar-refractivity contribution in [3.05, 3.63) is 29.8 Å². The number of nitrogens with zero attached hydrogens (tertiary/aromatic N) is 1. The zero-order chi connectivity index (χ0) is 15.0. The number of amides is 1. The molecular weight excluding hydrogens is 252 g/mol. The van der Waals surface area contributed by atoms with Gasteiger partial charge in [-0.15, -0.1) is 0 Å². The van der Waals surface area contributed by atoms with Crippen LogP contribution in [0.4, 0.5) is 0 Å². The molecule has 1 unspecified atom stereocenters. The summed E-state index contributed by atoms with van der Waals surface area (Å²) >= 11 is 0. The van der Waals surface area contributed by atoms with E-state index >= 15 is 0 Å². The molecular formula is C16H26N2O2. The van der Waals surface area contributed by atoms with Gasteiger partial charge >= 0.3 is 0 Å². The molecule has 1 rings (SSSR count). The van der Waals surface area contributed by atoms with Gasteiger partial charge in [-0.25, -0.2) is 0 Å². The molecule has 0 aromatic heterocycles. The van der Waals surface area contributed by atoms with Gasteiger partial charge in [0, 0.05) is 19.1 Å². The largest absolute Gasteiger partial charge is 0.496 e. The SMILES string of the molecule is CCN(CC)C(=O)CNC(C)Cc1ccccc1OC. The fraction of sp³-hybridized carbons (Fsp3) is 0.562. The molecule has 1 aromatic rings. The Bertz CT molecular complexity index is 417. The van der Waals surface area contributed by atoms with Gasteiger partial charge in [-0.2, -0.15) is 0 Å². The van der Waals surface area contributed by atoms with Crippen LogP contribution in [-0.4, -0.2) is 43.6 Å². The van der Waals surface area contributed by atoms with E-state index in [1.54, 1.807) is 7.11 Å². The zero-order valence-corrected chi connectivity index (χ0v) is 13.0. The Morgan fingerprint density at radius 2 is 1.95 bits per heavy atom. The van der Waals surface area contributed by atoms with E-state index in [4.69, 9.17) is 4.74 Å². The Hall–Kier alpha value is -1.55. The summed E-state index contributed by atoms with van der Waals surface area (Å²) in [6.07, 6.45) is 0.843. The van der Waals surface area contributed by atoms with Crippen LogP contribution in [0.3, 0.4) is 0 Å². The van der Waals surface area contributed by atoms with Crippen molar-refractivity contribution < 1.29 is 9.53 Å². The summed E-state index contributed by atoms with van der Waals surface area (Å²) in [5, 5.41) is 3.28. The molecule has 0 fully saturated rings. The Balaban J connectivity index is 2.47. The predicted octanol–water partition coefficient (Wildman–Crippen LogP) is 2.08. The Morgan fingerprint density at radius 3 is 2.55 bits per heavy atom. The van der Waals surface area contributed by atoms with Crippen LogP contribution >= 0.6 is 0 Å². The molecule has 1 atom stereocenters. The van der Waals surface area contributed by atoms with Crippen molar-refractivity contribution in [1.29, 1.82) is 0 Å². The van der Waals surface area contributed by atoms with Crippen LogP contribution in [0.2, 0.25) is 0 Å². The number of nitrogens with one attached hydrogen (secondary N) is 1. The lowest BCUT2D eigenvalue weighted by molar-refractivity contribution is -0.129. The first-order valence-corrected chi connectivity index (χ1v) is 7.25. The number of carbonyl (C=O) groups excluding carboxylic acids is 1. The molecule has 112 valence electrons. The van der Waals surface area contributed by atoms with Crippen LogP contribution in [0, 0.1) is 0 Å². The minimum Gasteiger partial charge on any atom is -0.496 e. The number of carbonyl (C=O) groups is 1. The quantitative estimate of drug-likeness (QED) is 0.791. The second-order valence-electron chi connectivity index (χ2n) is 4.86. The number of ether oxygens (including phenoxy) is 1. The van der Waals surface area contributed by atoms with Gasteiger partial charge in [0.15, 0.2) is 0 Å². The molecule has 0 aliphatic heterocycles. The third-order valence-electron chi connectivity index (χ3n) is 3.44. The Morgan fingerprint density at radius 1 is 1.30 bits per heavy atom. The molecule has 0 spiro atoms. The van der Waals surface area contributed by atoms with Crippen molar-refractivity contribution in [2.45, 2.75) is 33.2 Å². The fourth-order valence-corrected chi connectivity index (χ4v) is 2.22. The summed E-state index contributed by atoms with van der Waals surface area (Å²) in [6, 6.07) is 8.22. The normalized spacial score (nSPS) is 12.0. The predicted molar refractivity (Wildman–Crippen MR) is 82.1 cm³/mol. The van der Waals surface area contributed by atoms with Crippen molar-refractivity contribution >= 4 is 5.91 Å². The molecule has 0 saturated carbocycles. The molecule has 4 heteroatoms. The van der Waals surface area contributed by atoms with E-state index < -0.39 is 0 Å². The van der Waals surface area contributed by atoms with Crippen molar-refractivity contribution in [2.24, 2.45) is 0 Å². The highest BCUT2D eigenvalue weighted by Gasteiger charge is 2.12. The van der Waals surface area contributed by atoms with Crippen LogP contribution in [0.1, 0.15) is 26.3 Å². The molecule has 1 N–H and O–H groups in total. The third kappa shape index (κ3) is 4.85. The van der Waals surface area contributed by atoms with Crippen molar-refractivity contribution in [1.82, 2.24) is 10.2 Å². The Labute approximate surface area is 122 Å². The lowest BCUT2D eigenvalue weighted by Crippen LogP contribution is -2.41. The molecule has 1 amide bonds.